The summed E-state index contributed by atoms with van der Waals surface area (Å²) in [6.45, 7) is 13.8. The third-order valence-corrected chi connectivity index (χ3v) is 6.82. The quantitative estimate of drug-likeness (QED) is 0.423. The monoisotopic (exact) mass is 518 g/mol. The number of hydrogen-bond acceptors (Lipinski definition) is 5. The van der Waals surface area contributed by atoms with Crippen molar-refractivity contribution in [3.63, 3.8) is 0 Å². The predicted molar refractivity (Wildman–Crippen MR) is 151 cm³/mol. The number of amides is 1. The van der Waals surface area contributed by atoms with Crippen LogP contribution in [-0.4, -0.2) is 56.5 Å². The van der Waals surface area contributed by atoms with Crippen LogP contribution in [0.15, 0.2) is 66.9 Å². The van der Waals surface area contributed by atoms with Crippen LogP contribution < -0.4 is 5.32 Å². The number of β-amino-alcohol motifs (C(OH)–C–C–N with tert-alkyl or cyclic N) is 1. The van der Waals surface area contributed by atoms with Gasteiger partial charge in [-0.2, -0.15) is 0 Å². The highest BCUT2D eigenvalue weighted by atomic mass is 16.6. The molecule has 0 radical (unpaired) electrons. The van der Waals surface area contributed by atoms with Gasteiger partial charge in [0.05, 0.1) is 23.9 Å². The number of aliphatic hydroxyl groups is 1. The molecule has 7 nitrogen and oxygen atoms in total. The van der Waals surface area contributed by atoms with Crippen molar-refractivity contribution in [1.82, 2.24) is 19.8 Å². The molecule has 3 aromatic rings. The molecule has 0 saturated carbocycles. The molecule has 1 aliphatic heterocycles. The van der Waals surface area contributed by atoms with E-state index < -0.39 is 11.2 Å². The number of rotatable bonds is 7. The molecule has 1 aliphatic rings. The minimum absolute atomic E-state index is 0.136. The molecule has 1 saturated heterocycles. The third kappa shape index (κ3) is 7.03. The maximum Gasteiger partial charge on any atom is 0.410 e. The van der Waals surface area contributed by atoms with Crippen LogP contribution in [0.25, 0.3) is 11.3 Å². The van der Waals surface area contributed by atoms with E-state index in [0.29, 0.717) is 26.1 Å². The molecule has 0 spiro atoms. The Morgan fingerprint density at radius 1 is 1.05 bits per heavy atom. The summed E-state index contributed by atoms with van der Waals surface area (Å²) in [6.07, 6.45) is 2.22. The van der Waals surface area contributed by atoms with E-state index in [1.807, 2.05) is 45.0 Å². The molecule has 1 unspecified atom stereocenters. The molecule has 0 bridgehead atoms. The van der Waals surface area contributed by atoms with E-state index in [-0.39, 0.29) is 24.1 Å². The van der Waals surface area contributed by atoms with Gasteiger partial charge in [0.1, 0.15) is 11.4 Å². The van der Waals surface area contributed by atoms with Crippen LogP contribution in [0, 0.1) is 5.41 Å². The standard InChI is InChI=1S/C31H42N4O3/c1-29(2,3)26(32-21-31(37)17-18-34(22-31)28(36)38-30(4,5)6)27-33-25(24-15-11-8-12-16-24)20-35(27)19-23-13-9-7-10-14-23/h7-16,20,26,32,37H,17-19,21-22H2,1-6H3/t26-,31?/m0/s1. The lowest BCUT2D eigenvalue weighted by Gasteiger charge is -2.34. The number of imidazole rings is 1. The van der Waals surface area contributed by atoms with Crippen molar-refractivity contribution in [2.75, 3.05) is 19.6 Å². The van der Waals surface area contributed by atoms with Crippen molar-refractivity contribution in [2.24, 2.45) is 5.41 Å². The molecule has 204 valence electrons. The lowest BCUT2D eigenvalue weighted by atomic mass is 9.85. The Kier molecular flexibility index (Phi) is 8.00. The molecule has 38 heavy (non-hydrogen) atoms. The lowest BCUT2D eigenvalue weighted by molar-refractivity contribution is 0.0132. The maximum atomic E-state index is 12.6. The Balaban J connectivity index is 1.58. The third-order valence-electron chi connectivity index (χ3n) is 6.82. The van der Waals surface area contributed by atoms with E-state index in [1.165, 1.54) is 5.56 Å². The van der Waals surface area contributed by atoms with Gasteiger partial charge in [0, 0.05) is 31.4 Å². The molecule has 2 atom stereocenters. The summed E-state index contributed by atoms with van der Waals surface area (Å²) in [4.78, 5) is 19.3. The van der Waals surface area contributed by atoms with E-state index in [0.717, 1.165) is 17.1 Å². The van der Waals surface area contributed by atoms with Gasteiger partial charge in [0.25, 0.3) is 0 Å². The van der Waals surface area contributed by atoms with E-state index in [4.69, 9.17) is 9.72 Å². The van der Waals surface area contributed by atoms with E-state index in [2.05, 4.69) is 73.3 Å². The van der Waals surface area contributed by atoms with Crippen LogP contribution >= 0.6 is 0 Å². The summed E-state index contributed by atoms with van der Waals surface area (Å²) in [7, 11) is 0. The highest BCUT2D eigenvalue weighted by Crippen LogP contribution is 2.35. The molecular formula is C31H42N4O3. The van der Waals surface area contributed by atoms with Crippen molar-refractivity contribution < 1.29 is 14.6 Å². The molecule has 1 fully saturated rings. The first kappa shape index (κ1) is 27.9. The first-order valence-corrected chi connectivity index (χ1v) is 13.4. The van der Waals surface area contributed by atoms with E-state index >= 15 is 0 Å². The number of carbonyl (C=O) groups is 1. The fraction of sp³-hybridized carbons (Fsp3) is 0.484. The van der Waals surface area contributed by atoms with Gasteiger partial charge in [-0.1, -0.05) is 81.4 Å². The number of ether oxygens (including phenoxy) is 1. The fourth-order valence-corrected chi connectivity index (χ4v) is 4.88. The second-order valence-corrected chi connectivity index (χ2v) is 12.5. The minimum Gasteiger partial charge on any atom is -0.444 e. The summed E-state index contributed by atoms with van der Waals surface area (Å²) < 4.78 is 7.74. The molecular weight excluding hydrogens is 476 g/mol. The average molecular weight is 519 g/mol. The highest BCUT2D eigenvalue weighted by Gasteiger charge is 2.41. The van der Waals surface area contributed by atoms with Crippen molar-refractivity contribution in [1.29, 1.82) is 0 Å². The summed E-state index contributed by atoms with van der Waals surface area (Å²) in [5.41, 5.74) is 1.38. The largest absolute Gasteiger partial charge is 0.444 e. The Bertz CT molecular complexity index is 1210. The number of carbonyl (C=O) groups excluding carboxylic acids is 1. The Hall–Kier alpha value is -3.16. The number of nitrogens with zero attached hydrogens (tertiary/aromatic N) is 3. The number of hydrogen-bond donors (Lipinski definition) is 2. The SMILES string of the molecule is CC(C)(C)OC(=O)N1CCC(O)(CN[C@@H](c2nc(-c3ccccc3)cn2Cc2ccccc2)C(C)(C)C)C1. The zero-order valence-electron chi connectivity index (χ0n) is 23.6. The second-order valence-electron chi connectivity index (χ2n) is 12.5. The zero-order chi connectivity index (χ0) is 27.6. The van der Waals surface area contributed by atoms with Gasteiger partial charge < -0.3 is 24.6 Å². The smallest absolute Gasteiger partial charge is 0.410 e. The van der Waals surface area contributed by atoms with Gasteiger partial charge in [-0.3, -0.25) is 0 Å². The second kappa shape index (κ2) is 10.9. The van der Waals surface area contributed by atoms with Crippen LogP contribution in [0.2, 0.25) is 0 Å². The van der Waals surface area contributed by atoms with E-state index in [9.17, 15) is 9.90 Å². The molecule has 2 heterocycles. The molecule has 2 N–H and O–H groups in total. The Morgan fingerprint density at radius 2 is 1.68 bits per heavy atom. The number of aromatic nitrogens is 2. The molecule has 1 aromatic heterocycles. The molecule has 2 aromatic carbocycles. The molecule has 0 aliphatic carbocycles. The first-order chi connectivity index (χ1) is 17.8. The molecule has 1 amide bonds. The van der Waals surface area contributed by atoms with Gasteiger partial charge in [0.15, 0.2) is 0 Å². The normalized spacial score (nSPS) is 19.0. The number of nitrogens with one attached hydrogen (secondary N) is 1. The Labute approximate surface area is 226 Å². The van der Waals surface area contributed by atoms with Gasteiger partial charge >= 0.3 is 6.09 Å². The highest BCUT2D eigenvalue weighted by molar-refractivity contribution is 5.68. The van der Waals surface area contributed by atoms with Crippen molar-refractivity contribution in [3.8, 4) is 11.3 Å². The van der Waals surface area contributed by atoms with Gasteiger partial charge in [0.2, 0.25) is 0 Å². The van der Waals surface area contributed by atoms with E-state index in [1.54, 1.807) is 4.90 Å². The summed E-state index contributed by atoms with van der Waals surface area (Å²) in [6, 6.07) is 20.4. The van der Waals surface area contributed by atoms with Gasteiger partial charge in [-0.25, -0.2) is 9.78 Å². The minimum atomic E-state index is -1.04. The van der Waals surface area contributed by atoms with Crippen molar-refractivity contribution in [3.05, 3.63) is 78.2 Å². The number of likely N-dealkylation sites (tertiary alicyclic amines) is 1. The lowest BCUT2D eigenvalue weighted by Crippen LogP contribution is -2.47. The topological polar surface area (TPSA) is 79.6 Å². The fourth-order valence-electron chi connectivity index (χ4n) is 4.88. The van der Waals surface area contributed by atoms with Crippen LogP contribution in [0.5, 0.6) is 0 Å². The summed E-state index contributed by atoms with van der Waals surface area (Å²) >= 11 is 0. The summed E-state index contributed by atoms with van der Waals surface area (Å²) in [5, 5.41) is 15.1. The Morgan fingerprint density at radius 3 is 2.29 bits per heavy atom. The van der Waals surface area contributed by atoms with Crippen molar-refractivity contribution in [2.45, 2.75) is 71.8 Å². The predicted octanol–water partition coefficient (Wildman–Crippen LogP) is 5.65. The maximum absolute atomic E-state index is 12.6. The zero-order valence-corrected chi connectivity index (χ0v) is 23.6. The summed E-state index contributed by atoms with van der Waals surface area (Å²) in [5.74, 6) is 0.922. The van der Waals surface area contributed by atoms with Crippen LogP contribution in [0.3, 0.4) is 0 Å². The van der Waals surface area contributed by atoms with Crippen LogP contribution in [0.1, 0.15) is 65.4 Å². The average Bonchev–Trinajstić information content (AvgIpc) is 3.43. The van der Waals surface area contributed by atoms with Gasteiger partial charge in [-0.15, -0.1) is 0 Å². The first-order valence-electron chi connectivity index (χ1n) is 13.4. The molecule has 4 rings (SSSR count). The molecule has 7 heteroatoms. The number of benzene rings is 2. The van der Waals surface area contributed by atoms with Crippen LogP contribution in [0.4, 0.5) is 4.79 Å². The van der Waals surface area contributed by atoms with Crippen molar-refractivity contribution >= 4 is 6.09 Å². The van der Waals surface area contributed by atoms with Crippen LogP contribution in [-0.2, 0) is 11.3 Å². The van der Waals surface area contributed by atoms with Gasteiger partial charge in [-0.05, 0) is 38.2 Å².